The van der Waals surface area contributed by atoms with Crippen LogP contribution in [0.3, 0.4) is 0 Å². The zero-order valence-corrected chi connectivity index (χ0v) is 11.6. The second-order valence-corrected chi connectivity index (χ2v) is 5.23. The van der Waals surface area contributed by atoms with E-state index in [9.17, 15) is 13.2 Å². The van der Waals surface area contributed by atoms with Crippen LogP contribution in [0.15, 0.2) is 41.9 Å². The first-order chi connectivity index (χ1) is 9.87. The van der Waals surface area contributed by atoms with Gasteiger partial charge in [0.15, 0.2) is 5.96 Å². The van der Waals surface area contributed by atoms with Gasteiger partial charge in [0.05, 0.1) is 12.1 Å². The normalized spacial score (nSPS) is 17.4. The summed E-state index contributed by atoms with van der Waals surface area (Å²) in [7, 11) is 0. The van der Waals surface area contributed by atoms with E-state index in [1.165, 1.54) is 12.1 Å². The molecule has 1 aromatic carbocycles. The molecule has 1 fully saturated rings. The Morgan fingerprint density at radius 2 is 2.14 bits per heavy atom. The van der Waals surface area contributed by atoms with Crippen LogP contribution in [0.25, 0.3) is 0 Å². The Bertz CT molecular complexity index is 545. The number of aliphatic imine (C=N–C) groups is 1. The first kappa shape index (κ1) is 15.4. The van der Waals surface area contributed by atoms with Crippen LogP contribution in [0.1, 0.15) is 24.0 Å². The molecule has 1 aliphatic rings. The number of hydrogen-bond donors (Lipinski definition) is 2. The highest BCUT2D eigenvalue weighted by molar-refractivity contribution is 5.78. The number of rotatable bonds is 5. The largest absolute Gasteiger partial charge is 0.416 e. The van der Waals surface area contributed by atoms with Crippen molar-refractivity contribution in [2.24, 2.45) is 10.7 Å². The number of nitrogens with one attached hydrogen (secondary N) is 1. The summed E-state index contributed by atoms with van der Waals surface area (Å²) in [6.07, 6.45) is -1.01. The maximum Gasteiger partial charge on any atom is 0.416 e. The van der Waals surface area contributed by atoms with Crippen molar-refractivity contribution in [1.82, 2.24) is 5.32 Å². The van der Waals surface area contributed by atoms with Gasteiger partial charge in [-0.2, -0.15) is 13.2 Å². The van der Waals surface area contributed by atoms with Gasteiger partial charge in [0.1, 0.15) is 0 Å². The van der Waals surface area contributed by atoms with Crippen LogP contribution in [0.2, 0.25) is 0 Å². The highest BCUT2D eigenvalue weighted by Gasteiger charge is 2.45. The van der Waals surface area contributed by atoms with E-state index in [1.807, 2.05) is 0 Å². The molecular formula is C15H18F3N3. The lowest BCUT2D eigenvalue weighted by atomic mass is 9.94. The Hall–Kier alpha value is -1.98. The lowest BCUT2D eigenvalue weighted by Gasteiger charge is -2.16. The summed E-state index contributed by atoms with van der Waals surface area (Å²) >= 11 is 0. The summed E-state index contributed by atoms with van der Waals surface area (Å²) in [5, 5.41) is 2.85. The quantitative estimate of drug-likeness (QED) is 0.499. The summed E-state index contributed by atoms with van der Waals surface area (Å²) in [4.78, 5) is 4.22. The van der Waals surface area contributed by atoms with Crippen LogP contribution >= 0.6 is 0 Å². The minimum atomic E-state index is -4.32. The molecule has 0 unspecified atom stereocenters. The Kier molecular flexibility index (Phi) is 4.25. The number of alkyl halides is 3. The third kappa shape index (κ3) is 3.77. The Balaban J connectivity index is 2.12. The lowest BCUT2D eigenvalue weighted by Crippen LogP contribution is -2.32. The monoisotopic (exact) mass is 297 g/mol. The molecule has 0 aliphatic heterocycles. The number of hydrogen-bond acceptors (Lipinski definition) is 1. The molecular weight excluding hydrogens is 279 g/mol. The van der Waals surface area contributed by atoms with Gasteiger partial charge in [-0.25, -0.2) is 0 Å². The maximum atomic E-state index is 12.8. The van der Waals surface area contributed by atoms with Crippen molar-refractivity contribution in [3.8, 4) is 0 Å². The number of nitrogens with two attached hydrogens (primary N) is 1. The topological polar surface area (TPSA) is 50.4 Å². The van der Waals surface area contributed by atoms with Gasteiger partial charge in [0, 0.05) is 12.0 Å². The first-order valence-corrected chi connectivity index (χ1v) is 6.70. The van der Waals surface area contributed by atoms with Crippen LogP contribution in [-0.4, -0.2) is 19.0 Å². The van der Waals surface area contributed by atoms with Crippen LogP contribution in [-0.2, 0) is 11.6 Å². The molecule has 1 aliphatic carbocycles. The Morgan fingerprint density at radius 3 is 2.71 bits per heavy atom. The molecule has 1 saturated carbocycles. The Labute approximate surface area is 121 Å². The van der Waals surface area contributed by atoms with Gasteiger partial charge in [-0.05, 0) is 24.5 Å². The maximum absolute atomic E-state index is 12.8. The lowest BCUT2D eigenvalue weighted by molar-refractivity contribution is -0.137. The van der Waals surface area contributed by atoms with E-state index in [1.54, 1.807) is 12.1 Å². The third-order valence-corrected chi connectivity index (χ3v) is 3.64. The molecule has 21 heavy (non-hydrogen) atoms. The summed E-state index contributed by atoms with van der Waals surface area (Å²) in [5.41, 5.74) is 5.44. The van der Waals surface area contributed by atoms with Gasteiger partial charge < -0.3 is 11.1 Å². The fraction of sp³-hybridized carbons (Fsp3) is 0.400. The molecule has 114 valence electrons. The van der Waals surface area contributed by atoms with Gasteiger partial charge in [-0.15, -0.1) is 6.58 Å². The van der Waals surface area contributed by atoms with E-state index in [4.69, 9.17) is 5.73 Å². The molecule has 0 atom stereocenters. The van der Waals surface area contributed by atoms with Gasteiger partial charge in [-0.3, -0.25) is 4.99 Å². The zero-order valence-electron chi connectivity index (χ0n) is 11.6. The number of benzene rings is 1. The van der Waals surface area contributed by atoms with Crippen molar-refractivity contribution in [3.05, 3.63) is 48.0 Å². The van der Waals surface area contributed by atoms with Gasteiger partial charge in [0.25, 0.3) is 0 Å². The van der Waals surface area contributed by atoms with E-state index >= 15 is 0 Å². The molecule has 6 heteroatoms. The molecule has 0 bridgehead atoms. The predicted molar refractivity (Wildman–Crippen MR) is 77.0 cm³/mol. The van der Waals surface area contributed by atoms with Crippen molar-refractivity contribution in [1.29, 1.82) is 0 Å². The average Bonchev–Trinajstić information content (AvgIpc) is 3.23. The third-order valence-electron chi connectivity index (χ3n) is 3.64. The zero-order chi connectivity index (χ0) is 15.5. The van der Waals surface area contributed by atoms with Crippen molar-refractivity contribution in [3.63, 3.8) is 0 Å². The van der Waals surface area contributed by atoms with Gasteiger partial charge in [-0.1, -0.05) is 24.3 Å². The second-order valence-electron chi connectivity index (χ2n) is 5.23. The van der Waals surface area contributed by atoms with E-state index in [0.29, 0.717) is 18.7 Å². The molecule has 3 nitrogen and oxygen atoms in total. The molecule has 0 radical (unpaired) electrons. The van der Waals surface area contributed by atoms with Gasteiger partial charge >= 0.3 is 6.18 Å². The summed E-state index contributed by atoms with van der Waals surface area (Å²) in [5.74, 6) is 0.285. The van der Waals surface area contributed by atoms with Crippen LogP contribution in [0.4, 0.5) is 13.2 Å². The highest BCUT2D eigenvalue weighted by atomic mass is 19.4. The van der Waals surface area contributed by atoms with E-state index in [2.05, 4.69) is 16.9 Å². The van der Waals surface area contributed by atoms with E-state index < -0.39 is 11.7 Å². The number of nitrogens with zero attached hydrogens (tertiary/aromatic N) is 1. The van der Waals surface area contributed by atoms with E-state index in [-0.39, 0.29) is 11.4 Å². The van der Waals surface area contributed by atoms with Crippen molar-refractivity contribution < 1.29 is 13.2 Å². The van der Waals surface area contributed by atoms with Crippen LogP contribution in [0.5, 0.6) is 0 Å². The molecule has 0 heterocycles. The minimum absolute atomic E-state index is 0.285. The average molecular weight is 297 g/mol. The standard InChI is InChI=1S/C15H18F3N3/c1-2-8-20-13(19)21-10-14(6-7-14)11-4-3-5-12(9-11)15(16,17)18/h2-5,9H,1,6-8,10H2,(H3,19,20,21). The number of guanidine groups is 1. The highest BCUT2D eigenvalue weighted by Crippen LogP contribution is 2.49. The van der Waals surface area contributed by atoms with Crippen molar-refractivity contribution in [2.75, 3.05) is 13.1 Å². The van der Waals surface area contributed by atoms with Crippen LogP contribution < -0.4 is 11.1 Å². The smallest absolute Gasteiger partial charge is 0.370 e. The summed E-state index contributed by atoms with van der Waals surface area (Å²) in [6.45, 7) is 4.45. The SMILES string of the molecule is C=CCNC(N)=NCC1(c2cccc(C(F)(F)F)c2)CC1. The summed E-state index contributed by atoms with van der Waals surface area (Å²) in [6, 6.07) is 5.48. The number of halogens is 3. The van der Waals surface area contributed by atoms with Crippen LogP contribution in [0, 0.1) is 0 Å². The minimum Gasteiger partial charge on any atom is -0.370 e. The molecule has 2 rings (SSSR count). The fourth-order valence-corrected chi connectivity index (χ4v) is 2.18. The molecule has 0 aromatic heterocycles. The molecule has 0 saturated heterocycles. The molecule has 0 spiro atoms. The molecule has 1 aromatic rings. The Morgan fingerprint density at radius 1 is 1.43 bits per heavy atom. The van der Waals surface area contributed by atoms with Gasteiger partial charge in [0.2, 0.25) is 0 Å². The van der Waals surface area contributed by atoms with Crippen molar-refractivity contribution >= 4 is 5.96 Å². The first-order valence-electron chi connectivity index (χ1n) is 6.70. The summed E-state index contributed by atoms with van der Waals surface area (Å²) < 4.78 is 38.3. The molecule has 3 N–H and O–H groups in total. The van der Waals surface area contributed by atoms with E-state index in [0.717, 1.165) is 18.9 Å². The fourth-order valence-electron chi connectivity index (χ4n) is 2.18. The molecule has 0 amide bonds. The second kappa shape index (κ2) is 5.79. The predicted octanol–water partition coefficient (Wildman–Crippen LogP) is 2.83. The van der Waals surface area contributed by atoms with Crippen molar-refractivity contribution in [2.45, 2.75) is 24.4 Å².